The molecule has 0 spiro atoms. The first kappa shape index (κ1) is 18.8. The Labute approximate surface area is 152 Å². The maximum atomic E-state index is 13.4. The fourth-order valence-corrected chi connectivity index (χ4v) is 2.92. The molecule has 0 aliphatic heterocycles. The lowest BCUT2D eigenvalue weighted by atomic mass is 9.98. The zero-order valence-corrected chi connectivity index (χ0v) is 14.8. The Morgan fingerprint density at radius 1 is 1.11 bits per heavy atom. The molecule has 142 valence electrons. The number of benzene rings is 2. The molecule has 3 rings (SSSR count). The first-order valence-corrected chi connectivity index (χ1v) is 8.23. The van der Waals surface area contributed by atoms with Gasteiger partial charge in [-0.15, -0.1) is 0 Å². The third kappa shape index (κ3) is 3.63. The summed E-state index contributed by atoms with van der Waals surface area (Å²) in [5.41, 5.74) is 0.533. The van der Waals surface area contributed by atoms with Crippen LogP contribution in [0.2, 0.25) is 0 Å². The standard InChI is InChI=1S/C20H17F3O4/c1-10(2)14-7-5-13(8-11(14)3)26-18-17(25)15-6-4-12(24)9-16(15)27-19(18)20(21,22)23/h4-10,24H,1-3H3. The third-order valence-corrected chi connectivity index (χ3v) is 4.17. The normalized spacial score (nSPS) is 12.0. The van der Waals surface area contributed by atoms with Gasteiger partial charge in [0.25, 0.3) is 5.76 Å². The van der Waals surface area contributed by atoms with Crippen LogP contribution in [-0.4, -0.2) is 5.11 Å². The molecule has 0 amide bonds. The number of rotatable bonds is 3. The minimum absolute atomic E-state index is 0.104. The van der Waals surface area contributed by atoms with Gasteiger partial charge in [-0.25, -0.2) is 0 Å². The van der Waals surface area contributed by atoms with Gasteiger partial charge in [0.05, 0.1) is 5.39 Å². The van der Waals surface area contributed by atoms with E-state index in [-0.39, 0.29) is 28.4 Å². The van der Waals surface area contributed by atoms with E-state index in [1.165, 1.54) is 18.2 Å². The van der Waals surface area contributed by atoms with E-state index in [9.17, 15) is 23.1 Å². The number of alkyl halides is 3. The molecule has 1 N–H and O–H groups in total. The molecule has 0 saturated heterocycles. The second kappa shape index (κ2) is 6.64. The van der Waals surface area contributed by atoms with Crippen molar-refractivity contribution in [3.63, 3.8) is 0 Å². The Hall–Kier alpha value is -2.96. The first-order valence-electron chi connectivity index (χ1n) is 8.23. The molecule has 3 aromatic rings. The summed E-state index contributed by atoms with van der Waals surface area (Å²) in [5, 5.41) is 9.33. The number of ether oxygens (including phenoxy) is 1. The van der Waals surface area contributed by atoms with E-state index in [0.29, 0.717) is 0 Å². The fourth-order valence-electron chi connectivity index (χ4n) is 2.92. The minimum Gasteiger partial charge on any atom is -0.508 e. The fraction of sp³-hybridized carbons (Fsp3) is 0.250. The van der Waals surface area contributed by atoms with Crippen LogP contribution in [0, 0.1) is 6.92 Å². The van der Waals surface area contributed by atoms with Gasteiger partial charge in [0, 0.05) is 6.07 Å². The zero-order valence-electron chi connectivity index (χ0n) is 14.8. The average molecular weight is 378 g/mol. The van der Waals surface area contributed by atoms with Crippen LogP contribution in [0.3, 0.4) is 0 Å². The average Bonchev–Trinajstić information content (AvgIpc) is 2.55. The van der Waals surface area contributed by atoms with Gasteiger partial charge >= 0.3 is 6.18 Å². The van der Waals surface area contributed by atoms with Crippen molar-refractivity contribution < 1.29 is 27.4 Å². The highest BCUT2D eigenvalue weighted by atomic mass is 19.4. The Balaban J connectivity index is 2.18. The van der Waals surface area contributed by atoms with E-state index >= 15 is 0 Å². The van der Waals surface area contributed by atoms with Crippen molar-refractivity contribution in [3.8, 4) is 17.2 Å². The monoisotopic (exact) mass is 378 g/mol. The van der Waals surface area contributed by atoms with Gasteiger partial charge in [-0.2, -0.15) is 13.2 Å². The van der Waals surface area contributed by atoms with Gasteiger partial charge in [0.15, 0.2) is 0 Å². The molecule has 2 aromatic carbocycles. The van der Waals surface area contributed by atoms with E-state index in [1.807, 2.05) is 20.8 Å². The van der Waals surface area contributed by atoms with E-state index < -0.39 is 23.1 Å². The number of aryl methyl sites for hydroxylation is 1. The number of hydrogen-bond acceptors (Lipinski definition) is 4. The molecule has 1 heterocycles. The molecule has 0 aliphatic carbocycles. The number of phenols is 1. The lowest BCUT2D eigenvalue weighted by Crippen LogP contribution is -2.15. The van der Waals surface area contributed by atoms with Crippen LogP contribution in [0.4, 0.5) is 13.2 Å². The molecule has 1 aromatic heterocycles. The highest BCUT2D eigenvalue weighted by Crippen LogP contribution is 2.39. The Bertz CT molecular complexity index is 1070. The molecule has 0 aliphatic rings. The number of aromatic hydroxyl groups is 1. The summed E-state index contributed by atoms with van der Waals surface area (Å²) in [6, 6.07) is 8.19. The van der Waals surface area contributed by atoms with Crippen LogP contribution in [0.15, 0.2) is 45.6 Å². The van der Waals surface area contributed by atoms with Gasteiger partial charge in [-0.05, 0) is 48.2 Å². The highest BCUT2D eigenvalue weighted by Gasteiger charge is 2.40. The van der Waals surface area contributed by atoms with Crippen molar-refractivity contribution in [2.24, 2.45) is 0 Å². The number of phenolic OH excluding ortho intramolecular Hbond substituents is 1. The van der Waals surface area contributed by atoms with Crippen molar-refractivity contribution in [3.05, 3.63) is 63.5 Å². The van der Waals surface area contributed by atoms with Crippen molar-refractivity contribution in [2.45, 2.75) is 32.9 Å². The SMILES string of the molecule is Cc1cc(Oc2c(C(F)(F)F)oc3cc(O)ccc3c2=O)ccc1C(C)C. The number of hydrogen-bond donors (Lipinski definition) is 1. The summed E-state index contributed by atoms with van der Waals surface area (Å²) in [5.74, 6) is -2.45. The molecular weight excluding hydrogens is 361 g/mol. The first-order chi connectivity index (χ1) is 12.6. The molecule has 4 nitrogen and oxygen atoms in total. The molecule has 0 saturated carbocycles. The summed E-state index contributed by atoms with van der Waals surface area (Å²) < 4.78 is 50.5. The predicted molar refractivity (Wildman–Crippen MR) is 94.5 cm³/mol. The topological polar surface area (TPSA) is 59.7 Å². The van der Waals surface area contributed by atoms with E-state index in [4.69, 9.17) is 9.15 Å². The largest absolute Gasteiger partial charge is 0.508 e. The molecule has 7 heteroatoms. The summed E-state index contributed by atoms with van der Waals surface area (Å²) in [6.07, 6.45) is -4.94. The summed E-state index contributed by atoms with van der Waals surface area (Å²) in [7, 11) is 0. The maximum absolute atomic E-state index is 13.4. The zero-order chi connectivity index (χ0) is 19.9. The van der Waals surface area contributed by atoms with Crippen LogP contribution >= 0.6 is 0 Å². The van der Waals surface area contributed by atoms with Crippen LogP contribution in [0.25, 0.3) is 11.0 Å². The Morgan fingerprint density at radius 3 is 2.41 bits per heavy atom. The smallest absolute Gasteiger partial charge is 0.453 e. The van der Waals surface area contributed by atoms with Gasteiger partial charge in [0.2, 0.25) is 11.2 Å². The molecule has 0 fully saturated rings. The Morgan fingerprint density at radius 2 is 1.81 bits per heavy atom. The number of halogens is 3. The van der Waals surface area contributed by atoms with Gasteiger partial charge in [-0.1, -0.05) is 19.9 Å². The lowest BCUT2D eigenvalue weighted by Gasteiger charge is -2.15. The quantitative estimate of drug-likeness (QED) is 0.631. The molecule has 27 heavy (non-hydrogen) atoms. The van der Waals surface area contributed by atoms with Gasteiger partial charge in [-0.3, -0.25) is 4.79 Å². The minimum atomic E-state index is -4.94. The molecular formula is C20H17F3O4. The molecule has 0 radical (unpaired) electrons. The van der Waals surface area contributed by atoms with E-state index in [0.717, 1.165) is 17.2 Å². The van der Waals surface area contributed by atoms with E-state index in [1.54, 1.807) is 12.1 Å². The molecule has 0 unspecified atom stereocenters. The van der Waals surface area contributed by atoms with Crippen LogP contribution in [0.5, 0.6) is 17.2 Å². The van der Waals surface area contributed by atoms with Crippen molar-refractivity contribution in [2.75, 3.05) is 0 Å². The third-order valence-electron chi connectivity index (χ3n) is 4.17. The second-order valence-electron chi connectivity index (χ2n) is 6.54. The van der Waals surface area contributed by atoms with Crippen molar-refractivity contribution in [1.29, 1.82) is 0 Å². The van der Waals surface area contributed by atoms with Crippen LogP contribution < -0.4 is 10.2 Å². The molecule has 0 bridgehead atoms. The summed E-state index contributed by atoms with van der Waals surface area (Å²) in [6.45, 7) is 5.81. The van der Waals surface area contributed by atoms with Crippen LogP contribution in [-0.2, 0) is 6.18 Å². The van der Waals surface area contributed by atoms with Crippen molar-refractivity contribution >= 4 is 11.0 Å². The Kier molecular flexibility index (Phi) is 4.63. The summed E-state index contributed by atoms with van der Waals surface area (Å²) in [4.78, 5) is 12.6. The van der Waals surface area contributed by atoms with Crippen molar-refractivity contribution in [1.82, 2.24) is 0 Å². The lowest BCUT2D eigenvalue weighted by molar-refractivity contribution is -0.154. The maximum Gasteiger partial charge on any atom is 0.453 e. The number of fused-ring (bicyclic) bond motifs is 1. The molecule has 0 atom stereocenters. The van der Waals surface area contributed by atoms with Gasteiger partial charge in [0.1, 0.15) is 17.1 Å². The van der Waals surface area contributed by atoms with Gasteiger partial charge < -0.3 is 14.3 Å². The summed E-state index contributed by atoms with van der Waals surface area (Å²) >= 11 is 0. The highest BCUT2D eigenvalue weighted by molar-refractivity contribution is 5.79. The van der Waals surface area contributed by atoms with Crippen LogP contribution in [0.1, 0.15) is 36.7 Å². The second-order valence-corrected chi connectivity index (χ2v) is 6.54. The van der Waals surface area contributed by atoms with E-state index in [2.05, 4.69) is 0 Å². The predicted octanol–water partition coefficient (Wildman–Crippen LogP) is 5.74.